The van der Waals surface area contributed by atoms with E-state index in [9.17, 15) is 4.79 Å². The molecule has 23 heavy (non-hydrogen) atoms. The third kappa shape index (κ3) is 3.04. The van der Waals surface area contributed by atoms with Gasteiger partial charge in [-0.1, -0.05) is 30.3 Å². The maximum Gasteiger partial charge on any atom is 0.335 e. The van der Waals surface area contributed by atoms with E-state index in [-0.39, 0.29) is 0 Å². The third-order valence-corrected chi connectivity index (χ3v) is 3.69. The lowest BCUT2D eigenvalue weighted by Crippen LogP contribution is -2.25. The van der Waals surface area contributed by atoms with Gasteiger partial charge in [-0.2, -0.15) is 0 Å². The Bertz CT molecular complexity index is 710. The zero-order chi connectivity index (χ0) is 16.2. The maximum absolute atomic E-state index is 12.0. The Morgan fingerprint density at radius 2 is 1.74 bits per heavy atom. The number of ether oxygens (including phenoxy) is 3. The largest absolute Gasteiger partial charge is 0.497 e. The van der Waals surface area contributed by atoms with Crippen molar-refractivity contribution in [3.63, 3.8) is 0 Å². The summed E-state index contributed by atoms with van der Waals surface area (Å²) >= 11 is 0. The van der Waals surface area contributed by atoms with Crippen LogP contribution in [0.3, 0.4) is 0 Å². The number of hydrogen-bond donors (Lipinski definition) is 0. The van der Waals surface area contributed by atoms with Gasteiger partial charge >= 0.3 is 5.97 Å². The third-order valence-electron chi connectivity index (χ3n) is 3.69. The molecule has 1 heterocycles. The lowest BCUT2D eigenvalue weighted by molar-refractivity contribution is -0.143. The monoisotopic (exact) mass is 311 g/mol. The van der Waals surface area contributed by atoms with Crippen LogP contribution in [0.2, 0.25) is 0 Å². The van der Waals surface area contributed by atoms with Gasteiger partial charge < -0.3 is 14.2 Å². The van der Waals surface area contributed by atoms with E-state index in [0.29, 0.717) is 5.90 Å². The average molecular weight is 311 g/mol. The molecule has 5 nitrogen and oxygen atoms in total. The zero-order valence-corrected chi connectivity index (χ0v) is 12.9. The molecule has 2 aromatic rings. The zero-order valence-electron chi connectivity index (χ0n) is 12.9. The van der Waals surface area contributed by atoms with Gasteiger partial charge in [-0.15, -0.1) is 0 Å². The van der Waals surface area contributed by atoms with Crippen molar-refractivity contribution in [3.05, 3.63) is 65.7 Å². The number of carbonyl (C=O) groups excluding carboxylic acids is 1. The summed E-state index contributed by atoms with van der Waals surface area (Å²) in [6, 6.07) is 16.2. The highest BCUT2D eigenvalue weighted by Gasteiger charge is 2.38. The minimum atomic E-state index is -0.709. The molecule has 0 amide bonds. The van der Waals surface area contributed by atoms with Crippen molar-refractivity contribution < 1.29 is 19.0 Å². The molecule has 0 aromatic heterocycles. The van der Waals surface area contributed by atoms with Gasteiger partial charge in [0.05, 0.1) is 14.2 Å². The molecule has 0 unspecified atom stereocenters. The Morgan fingerprint density at radius 3 is 2.35 bits per heavy atom. The molecule has 0 saturated carbocycles. The molecule has 0 radical (unpaired) electrons. The molecule has 1 aliphatic heterocycles. The highest BCUT2D eigenvalue weighted by Crippen LogP contribution is 2.32. The summed E-state index contributed by atoms with van der Waals surface area (Å²) in [5.41, 5.74) is 1.67. The van der Waals surface area contributed by atoms with Crippen molar-refractivity contribution in [3.8, 4) is 5.75 Å². The number of rotatable bonds is 4. The van der Waals surface area contributed by atoms with E-state index in [1.54, 1.807) is 7.11 Å². The minimum absolute atomic E-state index is 0.414. The van der Waals surface area contributed by atoms with E-state index in [1.807, 2.05) is 54.6 Å². The molecule has 118 valence electrons. The van der Waals surface area contributed by atoms with E-state index < -0.39 is 18.1 Å². The van der Waals surface area contributed by atoms with Crippen molar-refractivity contribution >= 4 is 11.9 Å². The van der Waals surface area contributed by atoms with Crippen molar-refractivity contribution in [2.75, 3.05) is 14.2 Å². The molecule has 0 spiro atoms. The SMILES string of the molecule is COC(=O)[C@H]1N=C(c2ccc(OC)cc2)O[C@H]1c1ccccc1. The number of carbonyl (C=O) groups is 1. The van der Waals surface area contributed by atoms with Gasteiger partial charge in [0.15, 0.2) is 12.1 Å². The summed E-state index contributed by atoms with van der Waals surface area (Å²) in [6.45, 7) is 0. The van der Waals surface area contributed by atoms with Crippen molar-refractivity contribution in [1.82, 2.24) is 0 Å². The molecule has 0 saturated heterocycles. The molecule has 0 fully saturated rings. The van der Waals surface area contributed by atoms with E-state index in [4.69, 9.17) is 14.2 Å². The number of benzene rings is 2. The van der Waals surface area contributed by atoms with Crippen LogP contribution >= 0.6 is 0 Å². The van der Waals surface area contributed by atoms with Gasteiger partial charge in [0.1, 0.15) is 5.75 Å². The van der Waals surface area contributed by atoms with Crippen molar-refractivity contribution in [1.29, 1.82) is 0 Å². The van der Waals surface area contributed by atoms with Gasteiger partial charge in [0, 0.05) is 5.56 Å². The topological polar surface area (TPSA) is 57.1 Å². The molecule has 0 bridgehead atoms. The van der Waals surface area contributed by atoms with Crippen molar-refractivity contribution in [2.45, 2.75) is 12.1 Å². The van der Waals surface area contributed by atoms with Gasteiger partial charge in [-0.25, -0.2) is 9.79 Å². The molecule has 2 aromatic carbocycles. The van der Waals surface area contributed by atoms with Crippen molar-refractivity contribution in [2.24, 2.45) is 4.99 Å². The normalized spacial score (nSPS) is 19.7. The second kappa shape index (κ2) is 6.52. The summed E-state index contributed by atoms with van der Waals surface area (Å²) in [7, 11) is 2.96. The molecule has 5 heteroatoms. The molecular weight excluding hydrogens is 294 g/mol. The molecule has 2 atom stereocenters. The summed E-state index contributed by atoms with van der Waals surface area (Å²) in [5.74, 6) is 0.760. The molecule has 1 aliphatic rings. The van der Waals surface area contributed by atoms with Crippen LogP contribution in [0.1, 0.15) is 17.2 Å². The Balaban J connectivity index is 1.91. The predicted molar refractivity (Wildman–Crippen MR) is 85.6 cm³/mol. The number of methoxy groups -OCH3 is 2. The molecule has 3 rings (SSSR count). The van der Waals surface area contributed by atoms with E-state index in [1.165, 1.54) is 7.11 Å². The van der Waals surface area contributed by atoms with Gasteiger partial charge in [0.25, 0.3) is 0 Å². The second-order valence-electron chi connectivity index (χ2n) is 5.08. The Kier molecular flexibility index (Phi) is 4.28. The lowest BCUT2D eigenvalue weighted by Gasteiger charge is -2.16. The van der Waals surface area contributed by atoms with Gasteiger partial charge in [-0.3, -0.25) is 0 Å². The first kappa shape index (κ1) is 15.1. The number of nitrogens with zero attached hydrogens (tertiary/aromatic N) is 1. The lowest BCUT2D eigenvalue weighted by atomic mass is 10.0. The van der Waals surface area contributed by atoms with E-state index in [2.05, 4.69) is 4.99 Å². The standard InChI is InChI=1S/C18H17NO4/c1-21-14-10-8-13(9-11-14)17-19-15(18(20)22-2)16(23-17)12-6-4-3-5-7-12/h3-11,15-16H,1-2H3/t15-,16-/m0/s1. The number of aliphatic imine (C=N–C) groups is 1. The Hall–Kier alpha value is -2.82. The Morgan fingerprint density at radius 1 is 1.04 bits per heavy atom. The summed E-state index contributed by atoms with van der Waals surface area (Å²) in [6.07, 6.45) is -0.485. The Labute approximate surface area is 134 Å². The quantitative estimate of drug-likeness (QED) is 0.815. The number of esters is 1. The smallest absolute Gasteiger partial charge is 0.335 e. The van der Waals surface area contributed by atoms with Crippen LogP contribution in [-0.2, 0) is 14.3 Å². The first-order chi connectivity index (χ1) is 11.2. The minimum Gasteiger partial charge on any atom is -0.497 e. The summed E-state index contributed by atoms with van der Waals surface area (Å²) in [5, 5.41) is 0. The first-order valence-electron chi connectivity index (χ1n) is 7.24. The van der Waals surface area contributed by atoms with Crippen LogP contribution in [0.4, 0.5) is 0 Å². The highest BCUT2D eigenvalue weighted by atomic mass is 16.5. The van der Waals surface area contributed by atoms with Crippen LogP contribution in [0, 0.1) is 0 Å². The maximum atomic E-state index is 12.0. The van der Waals surface area contributed by atoms with Crippen LogP contribution in [0.25, 0.3) is 0 Å². The van der Waals surface area contributed by atoms with Crippen LogP contribution < -0.4 is 4.74 Å². The van der Waals surface area contributed by atoms with Crippen LogP contribution in [0.5, 0.6) is 5.75 Å². The fourth-order valence-corrected chi connectivity index (χ4v) is 2.48. The molecular formula is C18H17NO4. The highest BCUT2D eigenvalue weighted by molar-refractivity contribution is 5.98. The summed E-state index contributed by atoms with van der Waals surface area (Å²) < 4.78 is 16.0. The average Bonchev–Trinajstić information content (AvgIpc) is 3.07. The van der Waals surface area contributed by atoms with Gasteiger partial charge in [-0.05, 0) is 29.8 Å². The van der Waals surface area contributed by atoms with Crippen LogP contribution in [0.15, 0.2) is 59.6 Å². The van der Waals surface area contributed by atoms with E-state index in [0.717, 1.165) is 16.9 Å². The fourth-order valence-electron chi connectivity index (χ4n) is 2.48. The second-order valence-corrected chi connectivity index (χ2v) is 5.08. The first-order valence-corrected chi connectivity index (χ1v) is 7.24. The van der Waals surface area contributed by atoms with Crippen LogP contribution in [-0.4, -0.2) is 32.1 Å². The van der Waals surface area contributed by atoms with Gasteiger partial charge in [0.2, 0.25) is 5.90 Å². The van der Waals surface area contributed by atoms with E-state index >= 15 is 0 Å². The number of hydrogen-bond acceptors (Lipinski definition) is 5. The molecule has 0 aliphatic carbocycles. The molecule has 0 N–H and O–H groups in total. The predicted octanol–water partition coefficient (Wildman–Crippen LogP) is 2.75. The summed E-state index contributed by atoms with van der Waals surface area (Å²) in [4.78, 5) is 16.5. The fraction of sp³-hybridized carbons (Fsp3) is 0.222.